The van der Waals surface area contributed by atoms with Crippen LogP contribution < -0.4 is 11.1 Å². The van der Waals surface area contributed by atoms with Crippen LogP contribution in [0.25, 0.3) is 0 Å². The Kier molecular flexibility index (Phi) is 4.60. The average molecular weight is 281 g/mol. The van der Waals surface area contributed by atoms with Crippen LogP contribution in [-0.4, -0.2) is 36.0 Å². The number of carbonyl (C=O) groups excluding carboxylic acids is 1. The molecule has 1 aliphatic rings. The van der Waals surface area contributed by atoms with Crippen LogP contribution in [0, 0.1) is 6.92 Å². The molecule has 0 saturated carbocycles. The molecule has 5 heteroatoms. The molecular formula is C14H23N3OS. The van der Waals surface area contributed by atoms with Gasteiger partial charge in [0.25, 0.3) is 0 Å². The van der Waals surface area contributed by atoms with E-state index in [1.807, 2.05) is 6.92 Å². The first-order valence-corrected chi connectivity index (χ1v) is 7.71. The van der Waals surface area contributed by atoms with Gasteiger partial charge in [-0.15, -0.1) is 11.3 Å². The predicted octanol–water partition coefficient (Wildman–Crippen LogP) is 1.66. The summed E-state index contributed by atoms with van der Waals surface area (Å²) in [6, 6.07) is 4.35. The zero-order valence-electron chi connectivity index (χ0n) is 11.8. The molecule has 1 fully saturated rings. The Morgan fingerprint density at radius 2 is 2.32 bits per heavy atom. The number of rotatable bonds is 4. The fourth-order valence-corrected chi connectivity index (χ4v) is 3.94. The quantitative estimate of drug-likeness (QED) is 0.882. The van der Waals surface area contributed by atoms with Gasteiger partial charge in [-0.3, -0.25) is 9.69 Å². The maximum Gasteiger partial charge on any atom is 0.237 e. The van der Waals surface area contributed by atoms with E-state index in [0.717, 1.165) is 13.0 Å². The molecule has 1 aliphatic heterocycles. The smallest absolute Gasteiger partial charge is 0.237 e. The summed E-state index contributed by atoms with van der Waals surface area (Å²) in [5, 5.41) is 2.95. The highest BCUT2D eigenvalue weighted by molar-refractivity contribution is 7.12. The van der Waals surface area contributed by atoms with Crippen LogP contribution in [-0.2, 0) is 4.79 Å². The lowest BCUT2D eigenvalue weighted by atomic mass is 10.0. The molecule has 0 aliphatic carbocycles. The molecule has 3 atom stereocenters. The van der Waals surface area contributed by atoms with Crippen LogP contribution in [0.5, 0.6) is 0 Å². The number of nitrogens with two attached hydrogens (primary N) is 1. The zero-order chi connectivity index (χ0) is 14.0. The fraction of sp³-hybridized carbons (Fsp3) is 0.643. The second-order valence-corrected chi connectivity index (χ2v) is 6.52. The van der Waals surface area contributed by atoms with E-state index in [9.17, 15) is 4.79 Å². The van der Waals surface area contributed by atoms with Crippen molar-refractivity contribution >= 4 is 17.2 Å². The van der Waals surface area contributed by atoms with Gasteiger partial charge in [0.15, 0.2) is 0 Å². The molecule has 106 valence electrons. The molecule has 19 heavy (non-hydrogen) atoms. The second-order valence-electron chi connectivity index (χ2n) is 5.21. The van der Waals surface area contributed by atoms with Gasteiger partial charge in [-0.05, 0) is 32.4 Å². The van der Waals surface area contributed by atoms with Crippen molar-refractivity contribution in [3.63, 3.8) is 0 Å². The minimum atomic E-state index is -0.0628. The zero-order valence-corrected chi connectivity index (χ0v) is 12.7. The van der Waals surface area contributed by atoms with E-state index in [4.69, 9.17) is 5.73 Å². The number of thiophene rings is 1. The van der Waals surface area contributed by atoms with Crippen molar-refractivity contribution in [2.45, 2.75) is 45.3 Å². The first-order valence-electron chi connectivity index (χ1n) is 6.90. The maximum atomic E-state index is 12.0. The number of hydrogen-bond acceptors (Lipinski definition) is 4. The SMILES string of the molecule is CCC1C(=O)NCCN1C(c1ccc(C)s1)C(C)N. The molecule has 2 heterocycles. The number of nitrogens with one attached hydrogen (secondary N) is 1. The van der Waals surface area contributed by atoms with Gasteiger partial charge in [-0.2, -0.15) is 0 Å². The Labute approximate surface area is 119 Å². The number of amides is 1. The molecule has 1 aromatic heterocycles. The van der Waals surface area contributed by atoms with E-state index in [1.165, 1.54) is 9.75 Å². The van der Waals surface area contributed by atoms with Gasteiger partial charge in [0.2, 0.25) is 5.91 Å². The van der Waals surface area contributed by atoms with Crippen molar-refractivity contribution < 1.29 is 4.79 Å². The van der Waals surface area contributed by atoms with Gasteiger partial charge in [0.05, 0.1) is 12.1 Å². The lowest BCUT2D eigenvalue weighted by Gasteiger charge is -2.41. The minimum Gasteiger partial charge on any atom is -0.353 e. The van der Waals surface area contributed by atoms with Gasteiger partial charge in [-0.1, -0.05) is 6.92 Å². The lowest BCUT2D eigenvalue weighted by molar-refractivity contribution is -0.130. The molecule has 0 spiro atoms. The molecular weight excluding hydrogens is 258 g/mol. The van der Waals surface area contributed by atoms with Crippen LogP contribution in [0.4, 0.5) is 0 Å². The third-order valence-corrected chi connectivity index (χ3v) is 4.74. The third kappa shape index (κ3) is 2.99. The molecule has 1 aromatic rings. The van der Waals surface area contributed by atoms with Crippen LogP contribution in [0.3, 0.4) is 0 Å². The van der Waals surface area contributed by atoms with Gasteiger partial charge in [-0.25, -0.2) is 0 Å². The van der Waals surface area contributed by atoms with Gasteiger partial charge >= 0.3 is 0 Å². The Morgan fingerprint density at radius 1 is 1.58 bits per heavy atom. The molecule has 0 aromatic carbocycles. The Balaban J connectivity index is 2.30. The van der Waals surface area contributed by atoms with Crippen molar-refractivity contribution in [2.75, 3.05) is 13.1 Å². The fourth-order valence-electron chi connectivity index (χ4n) is 2.82. The Bertz CT molecular complexity index is 444. The van der Waals surface area contributed by atoms with Crippen molar-refractivity contribution in [3.8, 4) is 0 Å². The summed E-state index contributed by atoms with van der Waals surface area (Å²) >= 11 is 1.78. The molecule has 0 bridgehead atoms. The highest BCUT2D eigenvalue weighted by atomic mass is 32.1. The van der Waals surface area contributed by atoms with Crippen LogP contribution in [0.2, 0.25) is 0 Å². The summed E-state index contributed by atoms with van der Waals surface area (Å²) in [5.74, 6) is 0.132. The first kappa shape index (κ1) is 14.5. The number of nitrogens with zero attached hydrogens (tertiary/aromatic N) is 1. The van der Waals surface area contributed by atoms with Gasteiger partial charge in [0.1, 0.15) is 0 Å². The number of aryl methyl sites for hydroxylation is 1. The average Bonchev–Trinajstić information content (AvgIpc) is 2.76. The first-order chi connectivity index (χ1) is 9.04. The molecule has 4 nitrogen and oxygen atoms in total. The molecule has 3 N–H and O–H groups in total. The molecule has 0 radical (unpaired) electrons. The lowest BCUT2D eigenvalue weighted by Crippen LogP contribution is -2.58. The molecule has 2 rings (SSSR count). The Morgan fingerprint density at radius 3 is 2.84 bits per heavy atom. The highest BCUT2D eigenvalue weighted by Crippen LogP contribution is 2.32. The molecule has 3 unspecified atom stereocenters. The standard InChI is InChI=1S/C14H23N3OS/c1-4-11-14(18)16-7-8-17(11)13(10(3)15)12-6-5-9(2)19-12/h5-6,10-11,13H,4,7-8,15H2,1-3H3,(H,16,18). The number of carbonyl (C=O) groups is 1. The monoisotopic (exact) mass is 281 g/mol. The van der Waals surface area contributed by atoms with Crippen LogP contribution >= 0.6 is 11.3 Å². The molecule has 1 saturated heterocycles. The van der Waals surface area contributed by atoms with E-state index < -0.39 is 0 Å². The maximum absolute atomic E-state index is 12.0. The number of hydrogen-bond donors (Lipinski definition) is 2. The van der Waals surface area contributed by atoms with Crippen molar-refractivity contribution in [2.24, 2.45) is 5.73 Å². The highest BCUT2D eigenvalue weighted by Gasteiger charge is 2.36. The van der Waals surface area contributed by atoms with E-state index in [1.54, 1.807) is 11.3 Å². The summed E-state index contributed by atoms with van der Waals surface area (Å²) < 4.78 is 0. The summed E-state index contributed by atoms with van der Waals surface area (Å²) in [6.07, 6.45) is 0.819. The van der Waals surface area contributed by atoms with Crippen molar-refractivity contribution in [1.29, 1.82) is 0 Å². The number of piperazine rings is 1. The van der Waals surface area contributed by atoms with E-state index in [2.05, 4.69) is 36.2 Å². The minimum absolute atomic E-state index is 0.0120. The topological polar surface area (TPSA) is 58.4 Å². The predicted molar refractivity (Wildman–Crippen MR) is 79.2 cm³/mol. The normalized spacial score (nSPS) is 24.0. The van der Waals surface area contributed by atoms with Crippen molar-refractivity contribution in [1.82, 2.24) is 10.2 Å². The van der Waals surface area contributed by atoms with Gasteiger partial charge in [0, 0.05) is 28.9 Å². The Hall–Kier alpha value is -0.910. The summed E-state index contributed by atoms with van der Waals surface area (Å²) in [6.45, 7) is 7.77. The summed E-state index contributed by atoms with van der Waals surface area (Å²) in [5.41, 5.74) is 6.20. The van der Waals surface area contributed by atoms with Gasteiger partial charge < -0.3 is 11.1 Å². The largest absolute Gasteiger partial charge is 0.353 e. The summed E-state index contributed by atoms with van der Waals surface area (Å²) in [7, 11) is 0. The van der Waals surface area contributed by atoms with E-state index >= 15 is 0 Å². The van der Waals surface area contributed by atoms with Crippen LogP contribution in [0.15, 0.2) is 12.1 Å². The second kappa shape index (κ2) is 6.03. The van der Waals surface area contributed by atoms with E-state index in [-0.39, 0.29) is 24.0 Å². The third-order valence-electron chi connectivity index (χ3n) is 3.67. The molecule has 1 amide bonds. The summed E-state index contributed by atoms with van der Waals surface area (Å²) in [4.78, 5) is 16.8. The van der Waals surface area contributed by atoms with E-state index in [0.29, 0.717) is 6.54 Å². The van der Waals surface area contributed by atoms with Crippen LogP contribution in [0.1, 0.15) is 36.1 Å². The van der Waals surface area contributed by atoms with Crippen molar-refractivity contribution in [3.05, 3.63) is 21.9 Å².